The minimum absolute atomic E-state index is 0.407. The summed E-state index contributed by atoms with van der Waals surface area (Å²) < 4.78 is 5.23. The summed E-state index contributed by atoms with van der Waals surface area (Å²) in [5.41, 5.74) is 4.00. The van der Waals surface area contributed by atoms with Crippen LogP contribution < -0.4 is 16.0 Å². The topological polar surface area (TPSA) is 90.7 Å². The van der Waals surface area contributed by atoms with Crippen molar-refractivity contribution in [2.45, 2.75) is 13.3 Å². The summed E-state index contributed by atoms with van der Waals surface area (Å²) in [6.45, 7) is 2.10. The van der Waals surface area contributed by atoms with Crippen LogP contribution in [0.15, 0.2) is 58.1 Å². The molecular formula is C21H19N3O3. The summed E-state index contributed by atoms with van der Waals surface area (Å²) in [5, 5.41) is 0.425. The molecule has 0 unspecified atom stereocenters. The minimum Gasteiger partial charge on any atom is -0.497 e. The monoisotopic (exact) mass is 361 g/mol. The van der Waals surface area contributed by atoms with Gasteiger partial charge in [0.1, 0.15) is 11.4 Å². The highest BCUT2D eigenvalue weighted by atomic mass is 16.5. The molecule has 0 saturated carbocycles. The number of methoxy groups -OCH3 is 1. The molecule has 3 N–H and O–H groups in total. The Morgan fingerprint density at radius 3 is 2.15 bits per heavy atom. The summed E-state index contributed by atoms with van der Waals surface area (Å²) in [4.78, 5) is 32.5. The normalized spacial score (nSPS) is 11.0. The third-order valence-corrected chi connectivity index (χ3v) is 4.72. The van der Waals surface area contributed by atoms with E-state index in [0.717, 1.165) is 34.6 Å². The molecule has 0 radical (unpaired) electrons. The van der Waals surface area contributed by atoms with Gasteiger partial charge in [0, 0.05) is 5.56 Å². The average Bonchev–Trinajstić information content (AvgIpc) is 3.07. The van der Waals surface area contributed by atoms with Gasteiger partial charge >= 0.3 is 5.69 Å². The Labute approximate surface area is 154 Å². The molecule has 6 nitrogen and oxygen atoms in total. The first-order valence-electron chi connectivity index (χ1n) is 8.72. The van der Waals surface area contributed by atoms with Crippen LogP contribution in [0.1, 0.15) is 12.5 Å². The number of hydrogen-bond donors (Lipinski definition) is 3. The van der Waals surface area contributed by atoms with Gasteiger partial charge in [0.05, 0.1) is 18.2 Å². The molecule has 6 heteroatoms. The van der Waals surface area contributed by atoms with Crippen molar-refractivity contribution in [1.29, 1.82) is 0 Å². The highest BCUT2D eigenvalue weighted by Crippen LogP contribution is 2.36. The summed E-state index contributed by atoms with van der Waals surface area (Å²) in [7, 11) is 1.61. The first kappa shape index (κ1) is 16.9. The first-order chi connectivity index (χ1) is 13.1. The van der Waals surface area contributed by atoms with Crippen molar-refractivity contribution in [2.75, 3.05) is 7.11 Å². The molecule has 0 aliphatic rings. The van der Waals surface area contributed by atoms with E-state index in [0.29, 0.717) is 11.0 Å². The zero-order valence-corrected chi connectivity index (χ0v) is 15.1. The smallest absolute Gasteiger partial charge is 0.327 e. The largest absolute Gasteiger partial charge is 0.497 e. The number of aryl methyl sites for hydroxylation is 1. The van der Waals surface area contributed by atoms with Gasteiger partial charge in [-0.25, -0.2) is 4.79 Å². The van der Waals surface area contributed by atoms with E-state index in [9.17, 15) is 9.59 Å². The fourth-order valence-corrected chi connectivity index (χ4v) is 3.30. The molecule has 0 spiro atoms. The molecule has 2 aromatic carbocycles. The minimum atomic E-state index is -0.539. The molecule has 0 saturated heterocycles. The molecule has 136 valence electrons. The maximum Gasteiger partial charge on any atom is 0.327 e. The van der Waals surface area contributed by atoms with E-state index in [1.165, 1.54) is 5.56 Å². The number of benzene rings is 2. The fourth-order valence-electron chi connectivity index (χ4n) is 3.30. The van der Waals surface area contributed by atoms with E-state index < -0.39 is 11.2 Å². The molecule has 27 heavy (non-hydrogen) atoms. The quantitative estimate of drug-likeness (QED) is 0.520. The molecule has 4 aromatic rings. The van der Waals surface area contributed by atoms with E-state index in [1.807, 2.05) is 36.4 Å². The van der Waals surface area contributed by atoms with Gasteiger partial charge in [-0.1, -0.05) is 43.3 Å². The molecule has 0 aliphatic carbocycles. The Morgan fingerprint density at radius 2 is 1.52 bits per heavy atom. The molecule has 0 amide bonds. The Hall–Kier alpha value is -3.54. The Morgan fingerprint density at radius 1 is 0.852 bits per heavy atom. The lowest BCUT2D eigenvalue weighted by molar-refractivity contribution is 0.415. The molecule has 0 aliphatic heterocycles. The summed E-state index contributed by atoms with van der Waals surface area (Å²) in [6.07, 6.45) is 0.950. The third kappa shape index (κ3) is 2.95. The molecule has 2 heterocycles. The highest BCUT2D eigenvalue weighted by Gasteiger charge is 2.18. The molecule has 2 aromatic heterocycles. The zero-order chi connectivity index (χ0) is 19.0. The van der Waals surface area contributed by atoms with Gasteiger partial charge in [0.2, 0.25) is 0 Å². The fraction of sp³-hybridized carbons (Fsp3) is 0.143. The standard InChI is InChI=1S/C21H19N3O3/c1-3-12-4-6-14(7-5-12)18-16(13-8-10-15(27-2)11-9-13)17-19(22-18)23-21(26)24-20(17)25/h4-11H,3H2,1-2H3,(H3,22,23,24,25,26). The van der Waals surface area contributed by atoms with Crippen molar-refractivity contribution in [1.82, 2.24) is 15.0 Å². The van der Waals surface area contributed by atoms with Crippen LogP contribution in [0, 0.1) is 0 Å². The van der Waals surface area contributed by atoms with Crippen LogP contribution in [0.5, 0.6) is 5.75 Å². The van der Waals surface area contributed by atoms with Gasteiger partial charge < -0.3 is 9.72 Å². The van der Waals surface area contributed by atoms with Crippen molar-refractivity contribution in [3.8, 4) is 28.1 Å². The second-order valence-corrected chi connectivity index (χ2v) is 6.31. The van der Waals surface area contributed by atoms with E-state index >= 15 is 0 Å². The van der Waals surface area contributed by atoms with Gasteiger partial charge in [-0.2, -0.15) is 0 Å². The highest BCUT2D eigenvalue weighted by molar-refractivity contribution is 6.01. The lowest BCUT2D eigenvalue weighted by atomic mass is 9.98. The van der Waals surface area contributed by atoms with Crippen LogP contribution >= 0.6 is 0 Å². The number of aromatic amines is 3. The molecular weight excluding hydrogens is 342 g/mol. The number of ether oxygens (including phenoxy) is 1. The second kappa shape index (κ2) is 6.64. The predicted octanol–water partition coefficient (Wildman–Crippen LogP) is 3.45. The first-order valence-corrected chi connectivity index (χ1v) is 8.72. The Kier molecular flexibility index (Phi) is 4.16. The summed E-state index contributed by atoms with van der Waals surface area (Å²) in [6, 6.07) is 15.6. The van der Waals surface area contributed by atoms with Crippen molar-refractivity contribution < 1.29 is 4.74 Å². The maximum absolute atomic E-state index is 12.5. The Balaban J connectivity index is 2.03. The summed E-state index contributed by atoms with van der Waals surface area (Å²) in [5.74, 6) is 0.731. The van der Waals surface area contributed by atoms with Gasteiger partial charge in [-0.3, -0.25) is 14.8 Å². The third-order valence-electron chi connectivity index (χ3n) is 4.72. The van der Waals surface area contributed by atoms with Crippen molar-refractivity contribution in [3.63, 3.8) is 0 Å². The van der Waals surface area contributed by atoms with Gasteiger partial charge in [-0.15, -0.1) is 0 Å². The average molecular weight is 361 g/mol. The van der Waals surface area contributed by atoms with Crippen molar-refractivity contribution >= 4 is 11.0 Å². The lowest BCUT2D eigenvalue weighted by Crippen LogP contribution is -2.21. The van der Waals surface area contributed by atoms with Crippen LogP contribution in [-0.4, -0.2) is 22.1 Å². The number of nitrogens with one attached hydrogen (secondary N) is 3. The molecule has 0 atom stereocenters. The number of aromatic nitrogens is 3. The van der Waals surface area contributed by atoms with E-state index in [2.05, 4.69) is 34.0 Å². The molecule has 4 rings (SSSR count). The van der Waals surface area contributed by atoms with E-state index in [4.69, 9.17) is 4.74 Å². The van der Waals surface area contributed by atoms with Crippen LogP contribution in [0.2, 0.25) is 0 Å². The SMILES string of the molecule is CCc1ccc(-c2[nH]c3[nH]c(=O)[nH]c(=O)c3c2-c2ccc(OC)cc2)cc1. The van der Waals surface area contributed by atoms with Crippen LogP contribution in [0.4, 0.5) is 0 Å². The van der Waals surface area contributed by atoms with Gasteiger partial charge in [0.25, 0.3) is 5.56 Å². The van der Waals surface area contributed by atoms with Crippen LogP contribution in [0.25, 0.3) is 33.4 Å². The number of H-pyrrole nitrogens is 3. The second-order valence-electron chi connectivity index (χ2n) is 6.31. The predicted molar refractivity (Wildman–Crippen MR) is 106 cm³/mol. The number of rotatable bonds is 4. The van der Waals surface area contributed by atoms with Crippen LogP contribution in [0.3, 0.4) is 0 Å². The Bertz CT molecular complexity index is 1210. The van der Waals surface area contributed by atoms with Gasteiger partial charge in [-0.05, 0) is 35.2 Å². The summed E-state index contributed by atoms with van der Waals surface area (Å²) >= 11 is 0. The number of fused-ring (bicyclic) bond motifs is 1. The molecule has 0 fully saturated rings. The maximum atomic E-state index is 12.5. The number of hydrogen-bond acceptors (Lipinski definition) is 3. The van der Waals surface area contributed by atoms with Gasteiger partial charge in [0.15, 0.2) is 0 Å². The van der Waals surface area contributed by atoms with E-state index in [1.54, 1.807) is 7.11 Å². The van der Waals surface area contributed by atoms with E-state index in [-0.39, 0.29) is 0 Å². The molecule has 0 bridgehead atoms. The van der Waals surface area contributed by atoms with Crippen molar-refractivity contribution in [3.05, 3.63) is 74.9 Å². The lowest BCUT2D eigenvalue weighted by Gasteiger charge is -2.07. The van der Waals surface area contributed by atoms with Crippen LogP contribution in [-0.2, 0) is 6.42 Å². The van der Waals surface area contributed by atoms with Crippen molar-refractivity contribution in [2.24, 2.45) is 0 Å². The zero-order valence-electron chi connectivity index (χ0n) is 15.1.